The van der Waals surface area contributed by atoms with E-state index < -0.39 is 0 Å². The number of rotatable bonds is 3. The van der Waals surface area contributed by atoms with Gasteiger partial charge in [-0.3, -0.25) is 0 Å². The first-order chi connectivity index (χ1) is 11.5. The number of carbonyl (C=O) groups excluding carboxylic acids is 1. The minimum absolute atomic E-state index is 0.0624. The first kappa shape index (κ1) is 19.8. The van der Waals surface area contributed by atoms with Crippen molar-refractivity contribution in [3.05, 3.63) is 22.7 Å². The van der Waals surface area contributed by atoms with Gasteiger partial charge in [-0.1, -0.05) is 55.8 Å². The van der Waals surface area contributed by atoms with Crippen LogP contribution in [0.1, 0.15) is 72.6 Å². The molecule has 1 aliphatic heterocycles. The topological polar surface area (TPSA) is 26.3 Å². The molecule has 0 N–H and O–H groups in total. The van der Waals surface area contributed by atoms with Gasteiger partial charge in [-0.05, 0) is 66.7 Å². The van der Waals surface area contributed by atoms with Crippen LogP contribution in [0.2, 0.25) is 0 Å². The molecule has 0 amide bonds. The Morgan fingerprint density at radius 2 is 2.12 bits per heavy atom. The van der Waals surface area contributed by atoms with Crippen LogP contribution in [0.4, 0.5) is 0 Å². The number of cyclic esters (lactones) is 1. The van der Waals surface area contributed by atoms with Crippen molar-refractivity contribution in [3.63, 3.8) is 0 Å². The molecule has 3 aliphatic rings. The molecule has 5 atom stereocenters. The maximum Gasteiger partial charge on any atom is 0.333 e. The summed E-state index contributed by atoms with van der Waals surface area (Å²) in [5.41, 5.74) is 2.69. The van der Waals surface area contributed by atoms with Gasteiger partial charge in [0.25, 0.3) is 0 Å². The Morgan fingerprint density at radius 1 is 1.42 bits per heavy atom. The maximum atomic E-state index is 11.5. The summed E-state index contributed by atoms with van der Waals surface area (Å²) in [6.07, 6.45) is 8.32. The number of hydrogen-bond acceptors (Lipinski definition) is 2. The lowest BCUT2D eigenvalue weighted by Crippen LogP contribution is -2.36. The van der Waals surface area contributed by atoms with Gasteiger partial charge in [0, 0.05) is 12.0 Å². The fourth-order valence-electron chi connectivity index (χ4n) is 5.49. The predicted octanol–water partition coefficient (Wildman–Crippen LogP) is 6.41. The minimum atomic E-state index is -0.185. The van der Waals surface area contributed by atoms with Crippen molar-refractivity contribution in [2.24, 2.45) is 23.2 Å². The van der Waals surface area contributed by atoms with Crippen LogP contribution in [0.5, 0.6) is 0 Å². The number of halogens is 1. The van der Waals surface area contributed by atoms with Crippen molar-refractivity contribution in [1.82, 2.24) is 0 Å². The Hall–Kier alpha value is -0.570. The highest BCUT2D eigenvalue weighted by atomic mass is 79.9. The Balaban J connectivity index is 0.00000100. The summed E-state index contributed by atoms with van der Waals surface area (Å²) in [5.74, 6) is 1.91. The van der Waals surface area contributed by atoms with Crippen LogP contribution in [0.3, 0.4) is 0 Å². The van der Waals surface area contributed by atoms with Gasteiger partial charge in [-0.15, -0.1) is 0 Å². The van der Waals surface area contributed by atoms with E-state index in [9.17, 15) is 4.79 Å². The SMILES string of the molecule is C=C1C[C@H](C[C@@H](C)C2CCC3/C(=C/Br)CCCC32C)OC1=O.CC. The number of fused-ring (bicyclic) bond motifs is 1. The van der Waals surface area contributed by atoms with E-state index in [1.54, 1.807) is 5.57 Å². The molecule has 0 aromatic heterocycles. The van der Waals surface area contributed by atoms with Crippen molar-refractivity contribution < 1.29 is 9.53 Å². The number of hydrogen-bond donors (Lipinski definition) is 0. The molecular weight excluding hydrogens is 364 g/mol. The summed E-state index contributed by atoms with van der Waals surface area (Å²) < 4.78 is 5.46. The Morgan fingerprint density at radius 3 is 2.71 bits per heavy atom. The molecular formula is C21H33BrO2. The molecule has 2 nitrogen and oxygen atoms in total. The highest BCUT2D eigenvalue weighted by Crippen LogP contribution is 2.60. The Bertz CT molecular complexity index is 494. The zero-order chi connectivity index (χ0) is 17.9. The average Bonchev–Trinajstić information content (AvgIpc) is 3.08. The second-order valence-electron chi connectivity index (χ2n) is 7.83. The largest absolute Gasteiger partial charge is 0.459 e. The van der Waals surface area contributed by atoms with Crippen LogP contribution in [0.25, 0.3) is 0 Å². The first-order valence-corrected chi connectivity index (χ1v) is 10.5. The number of ether oxygens (including phenoxy) is 1. The molecule has 136 valence electrons. The van der Waals surface area contributed by atoms with Crippen molar-refractivity contribution >= 4 is 21.9 Å². The highest BCUT2D eigenvalue weighted by molar-refractivity contribution is 9.11. The lowest BCUT2D eigenvalue weighted by molar-refractivity contribution is -0.139. The quantitative estimate of drug-likeness (QED) is 0.407. The first-order valence-electron chi connectivity index (χ1n) is 9.63. The number of allylic oxidation sites excluding steroid dienone is 1. The summed E-state index contributed by atoms with van der Waals surface area (Å²) in [6, 6.07) is 0. The van der Waals surface area contributed by atoms with E-state index in [1.165, 1.54) is 32.1 Å². The predicted molar refractivity (Wildman–Crippen MR) is 104 cm³/mol. The molecule has 24 heavy (non-hydrogen) atoms. The van der Waals surface area contributed by atoms with Crippen LogP contribution in [-0.2, 0) is 9.53 Å². The average molecular weight is 397 g/mol. The van der Waals surface area contributed by atoms with Crippen molar-refractivity contribution in [2.75, 3.05) is 0 Å². The van der Waals surface area contributed by atoms with E-state index >= 15 is 0 Å². The molecule has 2 saturated carbocycles. The molecule has 0 aromatic carbocycles. The molecule has 3 unspecified atom stereocenters. The fraction of sp³-hybridized carbons (Fsp3) is 0.762. The van der Waals surface area contributed by atoms with E-state index in [2.05, 4.69) is 41.3 Å². The molecule has 0 bridgehead atoms. The summed E-state index contributed by atoms with van der Waals surface area (Å²) in [4.78, 5) is 13.7. The standard InChI is InChI=1S/C19H27BrO2.C2H6/c1-12(9-15-10-13(2)18(21)22-15)16-6-7-17-14(11-20)5-4-8-19(16,17)3;1-2/h11-12,15-17H,2,4-10H2,1,3H3;1-2H3/b14-11+;/t12-,15+,16?,17?,19?;/m1./s1. The van der Waals surface area contributed by atoms with Crippen LogP contribution >= 0.6 is 15.9 Å². The van der Waals surface area contributed by atoms with E-state index in [-0.39, 0.29) is 12.1 Å². The normalized spacial score (nSPS) is 38.4. The molecule has 3 fully saturated rings. The molecule has 0 radical (unpaired) electrons. The third-order valence-corrected chi connectivity index (χ3v) is 7.12. The molecule has 1 saturated heterocycles. The van der Waals surface area contributed by atoms with Gasteiger partial charge < -0.3 is 4.74 Å². The zero-order valence-electron chi connectivity index (χ0n) is 15.7. The fourth-order valence-corrected chi connectivity index (χ4v) is 6.04. The second kappa shape index (κ2) is 8.21. The lowest BCUT2D eigenvalue weighted by atomic mass is 9.61. The molecule has 2 aliphatic carbocycles. The van der Waals surface area contributed by atoms with Crippen LogP contribution in [0, 0.1) is 23.2 Å². The summed E-state index contributed by atoms with van der Waals surface area (Å²) >= 11 is 3.58. The molecule has 1 heterocycles. The number of carbonyl (C=O) groups is 1. The summed E-state index contributed by atoms with van der Waals surface area (Å²) in [5, 5.41) is 0. The molecule has 0 spiro atoms. The summed E-state index contributed by atoms with van der Waals surface area (Å²) in [6.45, 7) is 12.7. The van der Waals surface area contributed by atoms with Gasteiger partial charge in [0.1, 0.15) is 6.10 Å². The minimum Gasteiger partial charge on any atom is -0.459 e. The molecule has 3 rings (SSSR count). The van der Waals surface area contributed by atoms with Gasteiger partial charge in [0.2, 0.25) is 0 Å². The van der Waals surface area contributed by atoms with Crippen molar-refractivity contribution in [1.29, 1.82) is 0 Å². The highest BCUT2D eigenvalue weighted by Gasteiger charge is 2.51. The Labute approximate surface area is 156 Å². The molecule has 3 heteroatoms. The number of esters is 1. The van der Waals surface area contributed by atoms with Crippen LogP contribution < -0.4 is 0 Å². The maximum absolute atomic E-state index is 11.5. The van der Waals surface area contributed by atoms with E-state index in [0.717, 1.165) is 24.7 Å². The van der Waals surface area contributed by atoms with Crippen LogP contribution in [0.15, 0.2) is 22.7 Å². The lowest BCUT2D eigenvalue weighted by Gasteiger charge is -2.44. The monoisotopic (exact) mass is 396 g/mol. The van der Waals surface area contributed by atoms with Gasteiger partial charge in [-0.25, -0.2) is 4.79 Å². The second-order valence-corrected chi connectivity index (χ2v) is 8.29. The third-order valence-electron chi connectivity index (χ3n) is 6.54. The molecule has 0 aromatic rings. The van der Waals surface area contributed by atoms with E-state index in [1.807, 2.05) is 13.8 Å². The van der Waals surface area contributed by atoms with Gasteiger partial charge in [-0.2, -0.15) is 0 Å². The summed E-state index contributed by atoms with van der Waals surface area (Å²) in [7, 11) is 0. The van der Waals surface area contributed by atoms with Crippen molar-refractivity contribution in [2.45, 2.75) is 78.7 Å². The smallest absolute Gasteiger partial charge is 0.333 e. The van der Waals surface area contributed by atoms with E-state index in [4.69, 9.17) is 4.74 Å². The van der Waals surface area contributed by atoms with Gasteiger partial charge in [0.15, 0.2) is 0 Å². The van der Waals surface area contributed by atoms with E-state index in [0.29, 0.717) is 16.9 Å². The zero-order valence-corrected chi connectivity index (χ0v) is 17.3. The third kappa shape index (κ3) is 3.66. The van der Waals surface area contributed by atoms with Crippen LogP contribution in [-0.4, -0.2) is 12.1 Å². The van der Waals surface area contributed by atoms with Crippen molar-refractivity contribution in [3.8, 4) is 0 Å². The van der Waals surface area contributed by atoms with Gasteiger partial charge >= 0.3 is 5.97 Å². The van der Waals surface area contributed by atoms with Gasteiger partial charge in [0.05, 0.1) is 0 Å². The Kier molecular flexibility index (Phi) is 6.75.